The van der Waals surface area contributed by atoms with E-state index in [1.54, 1.807) is 20.1 Å². The van der Waals surface area contributed by atoms with Crippen LogP contribution in [-0.4, -0.2) is 36.0 Å². The highest BCUT2D eigenvalue weighted by atomic mass is 16.5. The second kappa shape index (κ2) is 5.73. The van der Waals surface area contributed by atoms with E-state index in [4.69, 9.17) is 10.5 Å². The van der Waals surface area contributed by atoms with Crippen LogP contribution in [0.2, 0.25) is 0 Å². The molecule has 0 saturated carbocycles. The van der Waals surface area contributed by atoms with Crippen molar-refractivity contribution >= 4 is 11.9 Å². The zero-order valence-corrected chi connectivity index (χ0v) is 12.6. The molecule has 6 nitrogen and oxygen atoms in total. The van der Waals surface area contributed by atoms with Gasteiger partial charge in [-0.05, 0) is 19.4 Å². The summed E-state index contributed by atoms with van der Waals surface area (Å²) in [6, 6.07) is 6.44. The number of ether oxygens (including phenoxy) is 1. The maximum absolute atomic E-state index is 12.3. The maximum Gasteiger partial charge on any atom is 0.325 e. The molecule has 1 aliphatic rings. The monoisotopic (exact) mass is 291 g/mol. The van der Waals surface area contributed by atoms with Crippen LogP contribution in [0.4, 0.5) is 4.79 Å². The Bertz CT molecular complexity index is 561. The normalized spacial score (nSPS) is 23.1. The number of benzene rings is 1. The van der Waals surface area contributed by atoms with E-state index in [2.05, 4.69) is 5.32 Å². The average molecular weight is 291 g/mol. The first-order chi connectivity index (χ1) is 9.92. The number of carbonyl (C=O) groups excluding carboxylic acids is 2. The lowest BCUT2D eigenvalue weighted by Crippen LogP contribution is -2.43. The number of rotatable bonds is 5. The Morgan fingerprint density at radius 3 is 2.62 bits per heavy atom. The standard InChI is InChI=1S/C15H21N3O3/c1-4-15(2)13(19)18(14(20)17-15)9-11(16)10-7-5-6-8-12(10)21-3/h5-8,11H,4,9,16H2,1-3H3,(H,17,20). The first-order valence-electron chi connectivity index (χ1n) is 6.95. The Kier molecular flexibility index (Phi) is 4.18. The van der Waals surface area contributed by atoms with E-state index in [9.17, 15) is 9.59 Å². The van der Waals surface area contributed by atoms with Gasteiger partial charge in [-0.1, -0.05) is 25.1 Å². The lowest BCUT2D eigenvalue weighted by molar-refractivity contribution is -0.131. The molecule has 1 heterocycles. The number of para-hydroxylation sites is 1. The first-order valence-corrected chi connectivity index (χ1v) is 6.95. The van der Waals surface area contributed by atoms with E-state index in [0.717, 1.165) is 5.56 Å². The van der Waals surface area contributed by atoms with Crippen LogP contribution in [0.25, 0.3) is 0 Å². The molecule has 1 aromatic rings. The molecule has 1 saturated heterocycles. The fourth-order valence-corrected chi connectivity index (χ4v) is 2.42. The van der Waals surface area contributed by atoms with Gasteiger partial charge < -0.3 is 15.8 Å². The number of nitrogens with zero attached hydrogens (tertiary/aromatic N) is 1. The lowest BCUT2D eigenvalue weighted by Gasteiger charge is -2.22. The van der Waals surface area contributed by atoms with Crippen LogP contribution < -0.4 is 15.8 Å². The van der Waals surface area contributed by atoms with Gasteiger partial charge in [-0.15, -0.1) is 0 Å². The molecule has 114 valence electrons. The van der Waals surface area contributed by atoms with E-state index in [0.29, 0.717) is 12.2 Å². The van der Waals surface area contributed by atoms with Crippen molar-refractivity contribution in [3.8, 4) is 5.75 Å². The third-order valence-electron chi connectivity index (χ3n) is 3.97. The highest BCUT2D eigenvalue weighted by Gasteiger charge is 2.46. The van der Waals surface area contributed by atoms with Gasteiger partial charge in [-0.3, -0.25) is 9.69 Å². The second-order valence-corrected chi connectivity index (χ2v) is 5.38. The van der Waals surface area contributed by atoms with Crippen molar-refractivity contribution in [1.29, 1.82) is 0 Å². The summed E-state index contributed by atoms with van der Waals surface area (Å²) in [5, 5.41) is 2.72. The Balaban J connectivity index is 2.18. The van der Waals surface area contributed by atoms with Crippen molar-refractivity contribution < 1.29 is 14.3 Å². The molecule has 2 rings (SSSR count). The number of amides is 3. The molecule has 1 aromatic carbocycles. The molecule has 3 N–H and O–H groups in total. The molecule has 3 amide bonds. The molecule has 1 aliphatic heterocycles. The van der Waals surface area contributed by atoms with Crippen LogP contribution in [0.1, 0.15) is 31.9 Å². The SMILES string of the molecule is CCC1(C)NC(=O)N(CC(N)c2ccccc2OC)C1=O. The van der Waals surface area contributed by atoms with E-state index in [-0.39, 0.29) is 12.5 Å². The highest BCUT2D eigenvalue weighted by Crippen LogP contribution is 2.27. The number of urea groups is 1. The van der Waals surface area contributed by atoms with Crippen molar-refractivity contribution in [3.05, 3.63) is 29.8 Å². The van der Waals surface area contributed by atoms with E-state index in [1.165, 1.54) is 4.90 Å². The summed E-state index contributed by atoms with van der Waals surface area (Å²) in [7, 11) is 1.56. The molecule has 6 heteroatoms. The third-order valence-corrected chi connectivity index (χ3v) is 3.97. The van der Waals surface area contributed by atoms with Crippen molar-refractivity contribution in [1.82, 2.24) is 10.2 Å². The van der Waals surface area contributed by atoms with Crippen LogP contribution in [0.15, 0.2) is 24.3 Å². The fraction of sp³-hybridized carbons (Fsp3) is 0.467. The minimum absolute atomic E-state index is 0.126. The lowest BCUT2D eigenvalue weighted by atomic mass is 9.99. The number of hydrogen-bond donors (Lipinski definition) is 2. The Morgan fingerprint density at radius 2 is 2.05 bits per heavy atom. The summed E-state index contributed by atoms with van der Waals surface area (Å²) in [5.74, 6) is 0.413. The van der Waals surface area contributed by atoms with Gasteiger partial charge in [0.05, 0.1) is 13.2 Å². The van der Waals surface area contributed by atoms with Crippen LogP contribution in [0.3, 0.4) is 0 Å². The molecular weight excluding hydrogens is 270 g/mol. The number of carbonyl (C=O) groups is 2. The van der Waals surface area contributed by atoms with Gasteiger partial charge in [-0.25, -0.2) is 4.79 Å². The van der Waals surface area contributed by atoms with Crippen molar-refractivity contribution in [2.45, 2.75) is 31.8 Å². The fourth-order valence-electron chi connectivity index (χ4n) is 2.42. The van der Waals surface area contributed by atoms with Gasteiger partial charge in [0.25, 0.3) is 5.91 Å². The number of hydrogen-bond acceptors (Lipinski definition) is 4. The summed E-state index contributed by atoms with van der Waals surface area (Å²) in [5.41, 5.74) is 6.09. The van der Waals surface area contributed by atoms with Gasteiger partial charge in [0, 0.05) is 12.1 Å². The number of imide groups is 1. The predicted octanol–water partition coefficient (Wildman–Crippen LogP) is 1.42. The zero-order chi connectivity index (χ0) is 15.6. The van der Waals surface area contributed by atoms with Gasteiger partial charge in [-0.2, -0.15) is 0 Å². The van der Waals surface area contributed by atoms with Crippen LogP contribution in [0, 0.1) is 0 Å². The zero-order valence-electron chi connectivity index (χ0n) is 12.6. The molecule has 0 aromatic heterocycles. The molecule has 0 aliphatic carbocycles. The van der Waals surface area contributed by atoms with Gasteiger partial charge in [0.15, 0.2) is 0 Å². The maximum atomic E-state index is 12.3. The van der Waals surface area contributed by atoms with E-state index < -0.39 is 17.6 Å². The second-order valence-electron chi connectivity index (χ2n) is 5.38. The number of nitrogens with one attached hydrogen (secondary N) is 1. The van der Waals surface area contributed by atoms with Crippen LogP contribution in [-0.2, 0) is 4.79 Å². The first kappa shape index (κ1) is 15.3. The number of methoxy groups -OCH3 is 1. The van der Waals surface area contributed by atoms with Gasteiger partial charge in [0.1, 0.15) is 11.3 Å². The van der Waals surface area contributed by atoms with E-state index >= 15 is 0 Å². The minimum Gasteiger partial charge on any atom is -0.496 e. The summed E-state index contributed by atoms with van der Waals surface area (Å²) >= 11 is 0. The van der Waals surface area contributed by atoms with Gasteiger partial charge >= 0.3 is 6.03 Å². The molecule has 0 spiro atoms. The predicted molar refractivity (Wildman–Crippen MR) is 78.9 cm³/mol. The van der Waals surface area contributed by atoms with Crippen molar-refractivity contribution in [2.75, 3.05) is 13.7 Å². The molecule has 2 atom stereocenters. The molecule has 2 unspecified atom stereocenters. The quantitative estimate of drug-likeness (QED) is 0.803. The topological polar surface area (TPSA) is 84.7 Å². The van der Waals surface area contributed by atoms with E-state index in [1.807, 2.05) is 25.1 Å². The Hall–Kier alpha value is -2.08. The summed E-state index contributed by atoms with van der Waals surface area (Å²) in [6.45, 7) is 3.71. The molecular formula is C15H21N3O3. The van der Waals surface area contributed by atoms with Crippen molar-refractivity contribution in [2.24, 2.45) is 5.73 Å². The minimum atomic E-state index is -0.836. The molecule has 21 heavy (non-hydrogen) atoms. The highest BCUT2D eigenvalue weighted by molar-refractivity contribution is 6.06. The molecule has 1 fully saturated rings. The van der Waals surface area contributed by atoms with Crippen LogP contribution >= 0.6 is 0 Å². The smallest absolute Gasteiger partial charge is 0.325 e. The largest absolute Gasteiger partial charge is 0.496 e. The molecule has 0 radical (unpaired) electrons. The Morgan fingerprint density at radius 1 is 1.38 bits per heavy atom. The third kappa shape index (κ3) is 2.71. The summed E-state index contributed by atoms with van der Waals surface area (Å²) < 4.78 is 5.26. The van der Waals surface area contributed by atoms with Crippen molar-refractivity contribution in [3.63, 3.8) is 0 Å². The average Bonchev–Trinajstić information content (AvgIpc) is 2.71. The number of nitrogens with two attached hydrogens (primary N) is 1. The summed E-state index contributed by atoms with van der Waals surface area (Å²) in [4.78, 5) is 25.5. The van der Waals surface area contributed by atoms with Gasteiger partial charge in [0.2, 0.25) is 0 Å². The summed E-state index contributed by atoms with van der Waals surface area (Å²) in [6.07, 6.45) is 0.540. The molecule has 0 bridgehead atoms. The Labute approximate surface area is 124 Å². The van der Waals surface area contributed by atoms with Crippen LogP contribution in [0.5, 0.6) is 5.75 Å².